The third-order valence-corrected chi connectivity index (χ3v) is 4.88. The average Bonchev–Trinajstić information content (AvgIpc) is 2.78. The molecule has 2 aromatic carbocycles. The molecule has 4 rings (SSSR count). The van der Waals surface area contributed by atoms with E-state index >= 15 is 0 Å². The van der Waals surface area contributed by atoms with Crippen molar-refractivity contribution in [3.05, 3.63) is 69.4 Å². The summed E-state index contributed by atoms with van der Waals surface area (Å²) in [6.45, 7) is 3.80. The molecule has 0 aliphatic heterocycles. The van der Waals surface area contributed by atoms with Gasteiger partial charge in [0.15, 0.2) is 17.4 Å². The van der Waals surface area contributed by atoms with Gasteiger partial charge in [0.05, 0.1) is 19.3 Å². The third-order valence-electron chi connectivity index (χ3n) is 4.88. The van der Waals surface area contributed by atoms with Gasteiger partial charge in [0, 0.05) is 28.5 Å². The summed E-state index contributed by atoms with van der Waals surface area (Å²) in [5.41, 5.74) is -0.154. The van der Waals surface area contributed by atoms with Crippen LogP contribution in [0.15, 0.2) is 67.0 Å². The van der Waals surface area contributed by atoms with Gasteiger partial charge in [-0.15, -0.1) is 0 Å². The molecule has 8 heteroatoms. The first kappa shape index (κ1) is 21.2. The van der Waals surface area contributed by atoms with Crippen LogP contribution in [0.1, 0.15) is 13.8 Å². The maximum atomic E-state index is 12.8. The zero-order valence-corrected chi connectivity index (χ0v) is 17.7. The number of methoxy groups -OCH3 is 1. The maximum Gasteiger partial charge on any atom is 0.346 e. The van der Waals surface area contributed by atoms with E-state index in [1.807, 2.05) is 6.92 Å². The van der Waals surface area contributed by atoms with Crippen molar-refractivity contribution in [1.29, 1.82) is 0 Å². The van der Waals surface area contributed by atoms with E-state index in [1.54, 1.807) is 43.3 Å². The molecule has 4 aromatic rings. The maximum absolute atomic E-state index is 12.8. The molecule has 8 nitrogen and oxygen atoms in total. The Labute approximate surface area is 181 Å². The molecule has 164 valence electrons. The lowest BCUT2D eigenvalue weighted by atomic mass is 10.0. The molecule has 0 fully saturated rings. The predicted octanol–water partition coefficient (Wildman–Crippen LogP) is 3.91. The molecule has 0 spiro atoms. The smallest absolute Gasteiger partial charge is 0.346 e. The quantitative estimate of drug-likeness (QED) is 0.331. The fourth-order valence-corrected chi connectivity index (χ4v) is 3.43. The highest BCUT2D eigenvalue weighted by Gasteiger charge is 2.18. The average molecular weight is 436 g/mol. The second kappa shape index (κ2) is 8.58. The number of ether oxygens (including phenoxy) is 3. The van der Waals surface area contributed by atoms with E-state index in [4.69, 9.17) is 18.3 Å². The van der Waals surface area contributed by atoms with Crippen molar-refractivity contribution in [2.75, 3.05) is 13.7 Å². The van der Waals surface area contributed by atoms with Gasteiger partial charge < -0.3 is 23.0 Å². The molecule has 1 unspecified atom stereocenters. The fraction of sp³-hybridized carbons (Fsp3) is 0.208. The molecular formula is C24H20O8. The highest BCUT2D eigenvalue weighted by atomic mass is 16.6. The molecule has 0 saturated carbocycles. The van der Waals surface area contributed by atoms with Crippen LogP contribution in [0.25, 0.3) is 33.1 Å². The molecule has 0 aliphatic carbocycles. The minimum atomic E-state index is -0.848. The standard InChI is InChI=1S/C24H20O8/c1-4-29-19-7-5-6-14-10-18(24(27)32-22(14)19)17-12-21(25)31-20-11-15(8-9-16(17)20)30-13(2)23(26)28-3/h5-13H,4H2,1-3H3. The van der Waals surface area contributed by atoms with E-state index in [-0.39, 0.29) is 11.1 Å². The van der Waals surface area contributed by atoms with Gasteiger partial charge in [-0.25, -0.2) is 14.4 Å². The number of rotatable bonds is 6. The Morgan fingerprint density at radius 3 is 2.59 bits per heavy atom. The summed E-state index contributed by atoms with van der Waals surface area (Å²) < 4.78 is 26.6. The van der Waals surface area contributed by atoms with E-state index in [9.17, 15) is 14.4 Å². The number of para-hydroxylation sites is 1. The van der Waals surface area contributed by atoms with E-state index in [0.29, 0.717) is 40.0 Å². The fourth-order valence-electron chi connectivity index (χ4n) is 3.43. The predicted molar refractivity (Wildman–Crippen MR) is 117 cm³/mol. The topological polar surface area (TPSA) is 105 Å². The first-order chi connectivity index (χ1) is 15.4. The molecule has 0 saturated heterocycles. The van der Waals surface area contributed by atoms with E-state index < -0.39 is 23.3 Å². The van der Waals surface area contributed by atoms with Crippen LogP contribution in [0, 0.1) is 0 Å². The number of fused-ring (bicyclic) bond motifs is 2. The Hall–Kier alpha value is -4.07. The van der Waals surface area contributed by atoms with Crippen LogP contribution in [0.3, 0.4) is 0 Å². The number of hydrogen-bond acceptors (Lipinski definition) is 8. The molecule has 0 amide bonds. The highest BCUT2D eigenvalue weighted by molar-refractivity contribution is 5.96. The first-order valence-corrected chi connectivity index (χ1v) is 9.93. The van der Waals surface area contributed by atoms with Gasteiger partial charge in [-0.1, -0.05) is 12.1 Å². The summed E-state index contributed by atoms with van der Waals surface area (Å²) >= 11 is 0. The molecule has 0 aliphatic rings. The van der Waals surface area contributed by atoms with Crippen LogP contribution in [0.2, 0.25) is 0 Å². The highest BCUT2D eigenvalue weighted by Crippen LogP contribution is 2.32. The van der Waals surface area contributed by atoms with Crippen LogP contribution < -0.4 is 20.7 Å². The number of esters is 1. The minimum Gasteiger partial charge on any atom is -0.490 e. The summed E-state index contributed by atoms with van der Waals surface area (Å²) in [5.74, 6) is 0.232. The van der Waals surface area contributed by atoms with Crippen LogP contribution in [0.4, 0.5) is 0 Å². The zero-order valence-electron chi connectivity index (χ0n) is 17.7. The summed E-state index contributed by atoms with van der Waals surface area (Å²) in [6.07, 6.45) is -0.848. The molecular weight excluding hydrogens is 416 g/mol. The monoisotopic (exact) mass is 436 g/mol. The third kappa shape index (κ3) is 3.94. The van der Waals surface area contributed by atoms with Gasteiger partial charge in [0.25, 0.3) is 0 Å². The van der Waals surface area contributed by atoms with Crippen molar-refractivity contribution >= 4 is 27.9 Å². The van der Waals surface area contributed by atoms with Crippen molar-refractivity contribution in [3.8, 4) is 22.6 Å². The summed E-state index contributed by atoms with van der Waals surface area (Å²) in [6, 6.07) is 12.9. The molecule has 2 heterocycles. The number of carbonyl (C=O) groups is 1. The van der Waals surface area contributed by atoms with Crippen molar-refractivity contribution in [2.24, 2.45) is 0 Å². The number of carbonyl (C=O) groups excluding carboxylic acids is 1. The Balaban J connectivity index is 1.85. The van der Waals surface area contributed by atoms with Gasteiger partial charge in [-0.2, -0.15) is 0 Å². The Morgan fingerprint density at radius 1 is 1.03 bits per heavy atom. The van der Waals surface area contributed by atoms with Gasteiger partial charge in [0.1, 0.15) is 11.3 Å². The number of benzene rings is 2. The second-order valence-corrected chi connectivity index (χ2v) is 6.98. The summed E-state index contributed by atoms with van der Waals surface area (Å²) in [5, 5.41) is 1.16. The minimum absolute atomic E-state index is 0.199. The first-order valence-electron chi connectivity index (χ1n) is 9.93. The summed E-state index contributed by atoms with van der Waals surface area (Å²) in [4.78, 5) is 36.7. The molecule has 0 N–H and O–H groups in total. The van der Waals surface area contributed by atoms with Crippen LogP contribution in [-0.4, -0.2) is 25.8 Å². The molecule has 0 bridgehead atoms. The van der Waals surface area contributed by atoms with Crippen molar-refractivity contribution < 1.29 is 27.8 Å². The van der Waals surface area contributed by atoms with Gasteiger partial charge in [0.2, 0.25) is 0 Å². The SMILES string of the molecule is CCOc1cccc2cc(-c3cc(=O)oc4cc(OC(C)C(=O)OC)ccc34)c(=O)oc12. The van der Waals surface area contributed by atoms with E-state index in [1.165, 1.54) is 19.2 Å². The molecule has 1 atom stereocenters. The van der Waals surface area contributed by atoms with Gasteiger partial charge in [-0.05, 0) is 38.1 Å². The molecule has 32 heavy (non-hydrogen) atoms. The Bertz CT molecular complexity index is 1430. The van der Waals surface area contributed by atoms with Gasteiger partial charge >= 0.3 is 17.2 Å². The largest absolute Gasteiger partial charge is 0.490 e. The Morgan fingerprint density at radius 2 is 1.84 bits per heavy atom. The van der Waals surface area contributed by atoms with Crippen molar-refractivity contribution in [3.63, 3.8) is 0 Å². The lowest BCUT2D eigenvalue weighted by Gasteiger charge is -2.13. The van der Waals surface area contributed by atoms with Gasteiger partial charge in [-0.3, -0.25) is 0 Å². The second-order valence-electron chi connectivity index (χ2n) is 6.98. The van der Waals surface area contributed by atoms with E-state index in [0.717, 1.165) is 0 Å². The summed E-state index contributed by atoms with van der Waals surface area (Å²) in [7, 11) is 1.26. The number of hydrogen-bond donors (Lipinski definition) is 0. The zero-order chi connectivity index (χ0) is 22.8. The van der Waals surface area contributed by atoms with Crippen molar-refractivity contribution in [1.82, 2.24) is 0 Å². The lowest BCUT2D eigenvalue weighted by Crippen LogP contribution is -2.24. The molecule has 0 radical (unpaired) electrons. The van der Waals surface area contributed by atoms with Crippen LogP contribution in [-0.2, 0) is 9.53 Å². The lowest BCUT2D eigenvalue weighted by molar-refractivity contribution is -0.147. The normalized spacial score (nSPS) is 12.0. The van der Waals surface area contributed by atoms with Crippen LogP contribution >= 0.6 is 0 Å². The van der Waals surface area contributed by atoms with E-state index in [2.05, 4.69) is 4.74 Å². The van der Waals surface area contributed by atoms with Crippen molar-refractivity contribution in [2.45, 2.75) is 20.0 Å². The molecule has 2 aromatic heterocycles. The Kier molecular flexibility index (Phi) is 5.68. The van der Waals surface area contributed by atoms with Crippen LogP contribution in [0.5, 0.6) is 11.5 Å².